The number of urea groups is 1. The van der Waals surface area contributed by atoms with E-state index >= 15 is 0 Å². The number of hydrogen-bond donors (Lipinski definition) is 3. The molecule has 0 fully saturated rings. The molecule has 0 bridgehead atoms. The Balaban J connectivity index is 1.94. The van der Waals surface area contributed by atoms with Crippen LogP contribution < -0.4 is 10.6 Å². The van der Waals surface area contributed by atoms with Crippen molar-refractivity contribution < 1.29 is 23.1 Å². The third-order valence-electron chi connectivity index (χ3n) is 3.78. The van der Waals surface area contributed by atoms with E-state index in [1.165, 1.54) is 19.4 Å². The molecule has 0 aliphatic heterocycles. The van der Waals surface area contributed by atoms with Crippen molar-refractivity contribution in [1.82, 2.24) is 20.2 Å². The fourth-order valence-electron chi connectivity index (χ4n) is 2.47. The summed E-state index contributed by atoms with van der Waals surface area (Å²) in [6, 6.07) is -0.589. The summed E-state index contributed by atoms with van der Waals surface area (Å²) in [5, 5.41) is 15.1. The summed E-state index contributed by atoms with van der Waals surface area (Å²) < 4.78 is 40.9. The predicted octanol–water partition coefficient (Wildman–Crippen LogP) is 1.58. The molecule has 1 heterocycles. The van der Waals surface area contributed by atoms with E-state index < -0.39 is 30.1 Å². The topological polar surface area (TPSA) is 79.2 Å². The molecule has 23 heavy (non-hydrogen) atoms. The molecule has 0 aromatic carbocycles. The number of rotatable bonds is 5. The smallest absolute Gasteiger partial charge is 0.374 e. The maximum atomic E-state index is 13.3. The molecule has 1 unspecified atom stereocenters. The number of aromatic nitrogens is 2. The molecule has 1 aliphatic carbocycles. The van der Waals surface area contributed by atoms with Crippen LogP contribution in [0.1, 0.15) is 25.1 Å². The van der Waals surface area contributed by atoms with Crippen LogP contribution in [0.15, 0.2) is 24.5 Å². The van der Waals surface area contributed by atoms with Gasteiger partial charge in [0.15, 0.2) is 0 Å². The average Bonchev–Trinajstić information content (AvgIpc) is 3.08. The molecule has 0 saturated heterocycles. The summed E-state index contributed by atoms with van der Waals surface area (Å²) in [4.78, 5) is 15.2. The summed E-state index contributed by atoms with van der Waals surface area (Å²) in [6.45, 7) is -0.338. The Morgan fingerprint density at radius 3 is 2.61 bits per heavy atom. The number of halogens is 3. The van der Waals surface area contributed by atoms with Gasteiger partial charge in [0.2, 0.25) is 5.60 Å². The molecule has 9 heteroatoms. The molecule has 1 aromatic rings. The minimum Gasteiger partial charge on any atom is -0.374 e. The highest BCUT2D eigenvalue weighted by Crippen LogP contribution is 2.40. The molecule has 128 valence electrons. The van der Waals surface area contributed by atoms with E-state index in [1.54, 1.807) is 0 Å². The first-order valence-corrected chi connectivity index (χ1v) is 7.20. The summed E-state index contributed by atoms with van der Waals surface area (Å²) in [5.41, 5.74) is -3.12. The van der Waals surface area contributed by atoms with Crippen molar-refractivity contribution in [3.05, 3.63) is 30.4 Å². The number of amides is 2. The van der Waals surface area contributed by atoms with Gasteiger partial charge in [-0.15, -0.1) is 0 Å². The van der Waals surface area contributed by atoms with Gasteiger partial charge in [-0.3, -0.25) is 0 Å². The second-order valence-corrected chi connectivity index (χ2v) is 5.51. The van der Waals surface area contributed by atoms with Crippen LogP contribution in [-0.2, 0) is 12.6 Å². The van der Waals surface area contributed by atoms with Crippen LogP contribution in [0.2, 0.25) is 0 Å². The molecule has 2 amide bonds. The third-order valence-corrected chi connectivity index (χ3v) is 3.78. The van der Waals surface area contributed by atoms with Gasteiger partial charge in [0.1, 0.15) is 5.82 Å². The van der Waals surface area contributed by atoms with Crippen LogP contribution in [0.25, 0.3) is 0 Å². The van der Waals surface area contributed by atoms with Crippen LogP contribution >= 0.6 is 0 Å². The molecular weight excluding hydrogens is 313 g/mol. The van der Waals surface area contributed by atoms with E-state index in [-0.39, 0.29) is 12.6 Å². The van der Waals surface area contributed by atoms with Crippen molar-refractivity contribution in [3.8, 4) is 0 Å². The number of imidazole rings is 1. The van der Waals surface area contributed by atoms with Gasteiger partial charge in [0.05, 0.1) is 0 Å². The Bertz CT molecular complexity index is 577. The molecule has 1 aromatic heterocycles. The Morgan fingerprint density at radius 2 is 2.09 bits per heavy atom. The van der Waals surface area contributed by atoms with Gasteiger partial charge in [-0.2, -0.15) is 13.2 Å². The summed E-state index contributed by atoms with van der Waals surface area (Å²) in [7, 11) is 1.37. The second-order valence-electron chi connectivity index (χ2n) is 5.51. The lowest BCUT2D eigenvalue weighted by molar-refractivity contribution is -0.272. The maximum Gasteiger partial charge on any atom is 0.424 e. The third kappa shape index (κ3) is 3.84. The van der Waals surface area contributed by atoms with Gasteiger partial charge in [-0.25, -0.2) is 9.78 Å². The quantitative estimate of drug-likeness (QED) is 0.716. The molecule has 3 N–H and O–H groups in total. The molecular formula is C14H19F3N4O2. The molecule has 0 spiro atoms. The van der Waals surface area contributed by atoms with Crippen LogP contribution in [-0.4, -0.2) is 39.5 Å². The lowest BCUT2D eigenvalue weighted by Crippen LogP contribution is -2.48. The SMILES string of the molecule is Cn1ccnc1C(O)(CCNC(=O)NC1CC=CC1)C(F)(F)F. The number of aryl methyl sites for hydroxylation is 1. The number of alkyl halides is 3. The van der Waals surface area contributed by atoms with Crippen molar-refractivity contribution in [3.63, 3.8) is 0 Å². The standard InChI is InChI=1S/C14H19F3N4O2/c1-21-9-8-18-11(21)13(23,14(15,16)17)6-7-19-12(22)20-10-4-2-3-5-10/h2-3,8-10,23H,4-7H2,1H3,(H2,19,20,22). The number of carbonyl (C=O) groups is 1. The number of aliphatic hydroxyl groups is 1. The number of nitrogens with zero attached hydrogens (tertiary/aromatic N) is 2. The van der Waals surface area contributed by atoms with E-state index in [2.05, 4.69) is 15.6 Å². The van der Waals surface area contributed by atoms with E-state index in [1.807, 2.05) is 12.2 Å². The van der Waals surface area contributed by atoms with Gasteiger partial charge in [0, 0.05) is 38.4 Å². The van der Waals surface area contributed by atoms with E-state index in [9.17, 15) is 23.1 Å². The molecule has 1 atom stereocenters. The molecule has 0 saturated carbocycles. The lowest BCUT2D eigenvalue weighted by atomic mass is 9.97. The normalized spacial score (nSPS) is 18.0. The van der Waals surface area contributed by atoms with E-state index in [0.717, 1.165) is 4.57 Å². The molecule has 0 radical (unpaired) electrons. The van der Waals surface area contributed by atoms with E-state index in [0.29, 0.717) is 12.8 Å². The van der Waals surface area contributed by atoms with Gasteiger partial charge in [-0.05, 0) is 12.8 Å². The second kappa shape index (κ2) is 6.61. The Labute approximate surface area is 131 Å². The first-order valence-electron chi connectivity index (χ1n) is 7.20. The fraction of sp³-hybridized carbons (Fsp3) is 0.571. The van der Waals surface area contributed by atoms with Crippen LogP contribution in [0.4, 0.5) is 18.0 Å². The Morgan fingerprint density at radius 1 is 1.43 bits per heavy atom. The van der Waals surface area contributed by atoms with Crippen LogP contribution in [0.5, 0.6) is 0 Å². The molecule has 6 nitrogen and oxygen atoms in total. The summed E-state index contributed by atoms with van der Waals surface area (Å²) in [5.74, 6) is -0.507. The highest BCUT2D eigenvalue weighted by molar-refractivity contribution is 5.74. The minimum absolute atomic E-state index is 0.0361. The van der Waals surface area contributed by atoms with Crippen LogP contribution in [0.3, 0.4) is 0 Å². The summed E-state index contributed by atoms with van der Waals surface area (Å²) in [6.07, 6.45) is 2.12. The van der Waals surface area contributed by atoms with Crippen molar-refractivity contribution in [1.29, 1.82) is 0 Å². The van der Waals surface area contributed by atoms with Gasteiger partial charge in [-0.1, -0.05) is 12.2 Å². The Kier molecular flexibility index (Phi) is 4.98. The van der Waals surface area contributed by atoms with Crippen molar-refractivity contribution in [2.45, 2.75) is 37.1 Å². The zero-order chi connectivity index (χ0) is 17.1. The van der Waals surface area contributed by atoms with Gasteiger partial charge in [0.25, 0.3) is 0 Å². The molecule has 1 aliphatic rings. The average molecular weight is 332 g/mol. The van der Waals surface area contributed by atoms with Gasteiger partial charge >= 0.3 is 12.2 Å². The molecule has 2 rings (SSSR count). The maximum absolute atomic E-state index is 13.3. The zero-order valence-electron chi connectivity index (χ0n) is 12.6. The monoisotopic (exact) mass is 332 g/mol. The van der Waals surface area contributed by atoms with E-state index in [4.69, 9.17) is 0 Å². The summed E-state index contributed by atoms with van der Waals surface area (Å²) >= 11 is 0. The fourth-order valence-corrected chi connectivity index (χ4v) is 2.47. The lowest BCUT2D eigenvalue weighted by Gasteiger charge is -2.30. The first kappa shape index (κ1) is 17.3. The predicted molar refractivity (Wildman–Crippen MR) is 76.5 cm³/mol. The minimum atomic E-state index is -4.90. The first-order chi connectivity index (χ1) is 10.7. The highest BCUT2D eigenvalue weighted by atomic mass is 19.4. The van der Waals surface area contributed by atoms with Crippen molar-refractivity contribution in [2.24, 2.45) is 7.05 Å². The van der Waals surface area contributed by atoms with Crippen molar-refractivity contribution in [2.75, 3.05) is 6.54 Å². The number of hydrogen-bond acceptors (Lipinski definition) is 3. The van der Waals surface area contributed by atoms with Crippen molar-refractivity contribution >= 4 is 6.03 Å². The number of carbonyl (C=O) groups excluding carboxylic acids is 1. The Hall–Kier alpha value is -2.03. The van der Waals surface area contributed by atoms with Crippen LogP contribution in [0, 0.1) is 0 Å². The largest absolute Gasteiger partial charge is 0.424 e. The van der Waals surface area contributed by atoms with Gasteiger partial charge < -0.3 is 20.3 Å². The zero-order valence-corrected chi connectivity index (χ0v) is 12.6. The number of nitrogens with one attached hydrogen (secondary N) is 2. The highest BCUT2D eigenvalue weighted by Gasteiger charge is 2.57.